The van der Waals surface area contributed by atoms with Gasteiger partial charge in [-0.15, -0.1) is 0 Å². The van der Waals surface area contributed by atoms with E-state index in [1.807, 2.05) is 4.98 Å². The van der Waals surface area contributed by atoms with E-state index in [0.29, 0.717) is 4.57 Å². The van der Waals surface area contributed by atoms with Crippen LogP contribution in [0.15, 0.2) is 27.8 Å². The second kappa shape index (κ2) is 4.16. The summed E-state index contributed by atoms with van der Waals surface area (Å²) in [5, 5.41) is 0.136. The molecule has 0 spiro atoms. The molecule has 0 bridgehead atoms. The number of benzene rings is 1. The van der Waals surface area contributed by atoms with Gasteiger partial charge in [-0.25, -0.2) is 4.79 Å². The van der Waals surface area contributed by atoms with Crippen molar-refractivity contribution in [1.82, 2.24) is 9.55 Å². The minimum Gasteiger partial charge on any atom is -0.284 e. The van der Waals surface area contributed by atoms with Crippen molar-refractivity contribution in [3.63, 3.8) is 0 Å². The van der Waals surface area contributed by atoms with Gasteiger partial charge in [-0.2, -0.15) is 13.2 Å². The Morgan fingerprint density at radius 1 is 1.28 bits per heavy atom. The van der Waals surface area contributed by atoms with Crippen molar-refractivity contribution in [2.45, 2.75) is 12.7 Å². The smallest absolute Gasteiger partial charge is 0.284 e. The summed E-state index contributed by atoms with van der Waals surface area (Å²) in [5.74, 6) is 0. The zero-order valence-electron chi connectivity index (χ0n) is 8.71. The van der Waals surface area contributed by atoms with Crippen LogP contribution in [0, 0.1) is 0 Å². The van der Waals surface area contributed by atoms with Crippen molar-refractivity contribution >= 4 is 22.5 Å². The predicted octanol–water partition coefficient (Wildman–Crippen LogP) is 1.91. The molecule has 0 fully saturated rings. The maximum Gasteiger partial charge on any atom is 0.406 e. The second-order valence-corrected chi connectivity index (χ2v) is 4.06. The van der Waals surface area contributed by atoms with E-state index in [4.69, 9.17) is 11.6 Å². The molecule has 1 N–H and O–H groups in total. The summed E-state index contributed by atoms with van der Waals surface area (Å²) >= 11 is 5.65. The maximum atomic E-state index is 12.4. The molecular weight excluding hydrogens is 273 g/mol. The van der Waals surface area contributed by atoms with Crippen molar-refractivity contribution in [3.05, 3.63) is 44.1 Å². The third kappa shape index (κ3) is 2.40. The van der Waals surface area contributed by atoms with Crippen LogP contribution in [0.25, 0.3) is 10.9 Å². The number of aromatic amines is 1. The molecular formula is C10H6ClF3N2O2. The highest BCUT2D eigenvalue weighted by atomic mass is 35.5. The van der Waals surface area contributed by atoms with Gasteiger partial charge in [-0.3, -0.25) is 14.3 Å². The Bertz CT molecular complexity index is 718. The van der Waals surface area contributed by atoms with Gasteiger partial charge >= 0.3 is 11.9 Å². The quantitative estimate of drug-likeness (QED) is 0.866. The van der Waals surface area contributed by atoms with E-state index in [-0.39, 0.29) is 15.9 Å². The molecule has 0 atom stereocenters. The van der Waals surface area contributed by atoms with Crippen LogP contribution in [0.4, 0.5) is 13.2 Å². The van der Waals surface area contributed by atoms with E-state index in [1.54, 1.807) is 0 Å². The molecule has 0 saturated carbocycles. The van der Waals surface area contributed by atoms with Gasteiger partial charge in [0, 0.05) is 5.02 Å². The number of rotatable bonds is 1. The van der Waals surface area contributed by atoms with Crippen molar-refractivity contribution in [3.8, 4) is 0 Å². The fourth-order valence-electron chi connectivity index (χ4n) is 1.60. The third-order valence-corrected chi connectivity index (χ3v) is 2.53. The van der Waals surface area contributed by atoms with Gasteiger partial charge in [-0.1, -0.05) is 11.6 Å². The molecule has 2 aromatic rings. The molecule has 0 radical (unpaired) electrons. The lowest BCUT2D eigenvalue weighted by atomic mass is 10.2. The molecule has 0 aliphatic carbocycles. The summed E-state index contributed by atoms with van der Waals surface area (Å²) < 4.78 is 37.5. The molecule has 0 aliphatic rings. The van der Waals surface area contributed by atoms with Crippen LogP contribution >= 0.6 is 11.6 Å². The number of fused-ring (bicyclic) bond motifs is 1. The van der Waals surface area contributed by atoms with Crippen LogP contribution in [0.3, 0.4) is 0 Å². The number of hydrogen-bond acceptors (Lipinski definition) is 2. The van der Waals surface area contributed by atoms with Gasteiger partial charge in [0.05, 0.1) is 10.9 Å². The predicted molar refractivity (Wildman–Crippen MR) is 59.9 cm³/mol. The minimum atomic E-state index is -4.56. The lowest BCUT2D eigenvalue weighted by molar-refractivity contribution is -0.140. The third-order valence-electron chi connectivity index (χ3n) is 2.30. The molecule has 1 heterocycles. The number of hydrogen-bond donors (Lipinski definition) is 1. The fourth-order valence-corrected chi connectivity index (χ4v) is 1.78. The van der Waals surface area contributed by atoms with Crippen molar-refractivity contribution in [2.75, 3.05) is 0 Å². The lowest BCUT2D eigenvalue weighted by Crippen LogP contribution is -2.34. The number of nitrogens with zero attached hydrogens (tertiary/aromatic N) is 1. The van der Waals surface area contributed by atoms with Gasteiger partial charge in [0.25, 0.3) is 5.56 Å². The van der Waals surface area contributed by atoms with E-state index in [0.717, 1.165) is 0 Å². The highest BCUT2D eigenvalue weighted by molar-refractivity contribution is 6.31. The molecule has 1 aromatic heterocycles. The Kier molecular flexibility index (Phi) is 2.94. The summed E-state index contributed by atoms with van der Waals surface area (Å²) in [6, 6.07) is 3.73. The van der Waals surface area contributed by atoms with E-state index in [9.17, 15) is 22.8 Å². The number of H-pyrrole nitrogens is 1. The average molecular weight is 279 g/mol. The van der Waals surface area contributed by atoms with Crippen LogP contribution in [0.2, 0.25) is 5.02 Å². The standard InChI is InChI=1S/C10H6ClF3N2O2/c11-5-1-2-7-6(3-5)8(17)15-9(18)16(7)4-10(12,13)14/h1-3H,4H2,(H,15,17,18). The van der Waals surface area contributed by atoms with Gasteiger partial charge in [-0.05, 0) is 18.2 Å². The summed E-state index contributed by atoms with van der Waals surface area (Å²) in [6.07, 6.45) is -4.56. The first-order valence-corrected chi connectivity index (χ1v) is 5.15. The van der Waals surface area contributed by atoms with Crippen molar-refractivity contribution < 1.29 is 13.2 Å². The molecule has 2 rings (SSSR count). The number of aromatic nitrogens is 2. The van der Waals surface area contributed by atoms with Gasteiger partial charge in [0.1, 0.15) is 6.54 Å². The minimum absolute atomic E-state index is 0.0636. The molecule has 0 saturated heterocycles. The zero-order chi connectivity index (χ0) is 13.5. The van der Waals surface area contributed by atoms with E-state index < -0.39 is 24.0 Å². The van der Waals surface area contributed by atoms with E-state index in [1.165, 1.54) is 18.2 Å². The fraction of sp³-hybridized carbons (Fsp3) is 0.200. The van der Waals surface area contributed by atoms with Gasteiger partial charge in [0.2, 0.25) is 0 Å². The topological polar surface area (TPSA) is 54.9 Å². The Balaban J connectivity index is 2.81. The first kappa shape index (κ1) is 12.7. The van der Waals surface area contributed by atoms with E-state index in [2.05, 4.69) is 0 Å². The van der Waals surface area contributed by atoms with Crippen LogP contribution < -0.4 is 11.2 Å². The number of alkyl halides is 3. The summed E-state index contributed by atoms with van der Waals surface area (Å²) in [6.45, 7) is -1.47. The molecule has 4 nitrogen and oxygen atoms in total. The number of nitrogens with one attached hydrogen (secondary N) is 1. The Labute approximate surface area is 103 Å². The summed E-state index contributed by atoms with van der Waals surface area (Å²) in [4.78, 5) is 24.7. The Morgan fingerprint density at radius 3 is 2.56 bits per heavy atom. The molecule has 0 aliphatic heterocycles. The first-order chi connectivity index (χ1) is 8.28. The molecule has 0 amide bonds. The van der Waals surface area contributed by atoms with Crippen LogP contribution in [-0.4, -0.2) is 15.7 Å². The largest absolute Gasteiger partial charge is 0.406 e. The lowest BCUT2D eigenvalue weighted by Gasteiger charge is -2.11. The Morgan fingerprint density at radius 2 is 1.94 bits per heavy atom. The average Bonchev–Trinajstić information content (AvgIpc) is 2.23. The van der Waals surface area contributed by atoms with Crippen molar-refractivity contribution in [1.29, 1.82) is 0 Å². The monoisotopic (exact) mass is 278 g/mol. The van der Waals surface area contributed by atoms with Crippen LogP contribution in [0.1, 0.15) is 0 Å². The molecule has 8 heteroatoms. The second-order valence-electron chi connectivity index (χ2n) is 3.62. The van der Waals surface area contributed by atoms with Crippen molar-refractivity contribution in [2.24, 2.45) is 0 Å². The normalized spacial score (nSPS) is 12.0. The van der Waals surface area contributed by atoms with Gasteiger partial charge in [0.15, 0.2) is 0 Å². The molecule has 0 unspecified atom stereocenters. The highest BCUT2D eigenvalue weighted by Crippen LogP contribution is 2.20. The maximum absolute atomic E-state index is 12.4. The van der Waals surface area contributed by atoms with Gasteiger partial charge < -0.3 is 0 Å². The van der Waals surface area contributed by atoms with Crippen LogP contribution in [0.5, 0.6) is 0 Å². The SMILES string of the molecule is O=c1[nH]c(=O)n(CC(F)(F)F)c2ccc(Cl)cc12. The van der Waals surface area contributed by atoms with E-state index >= 15 is 0 Å². The number of halogens is 4. The summed E-state index contributed by atoms with van der Waals surface area (Å²) in [5.41, 5.74) is -1.98. The van der Waals surface area contributed by atoms with Crippen LogP contribution in [-0.2, 0) is 6.54 Å². The first-order valence-electron chi connectivity index (χ1n) is 4.77. The summed E-state index contributed by atoms with van der Waals surface area (Å²) in [7, 11) is 0. The zero-order valence-corrected chi connectivity index (χ0v) is 9.47. The molecule has 96 valence electrons. The highest BCUT2D eigenvalue weighted by Gasteiger charge is 2.29. The molecule has 18 heavy (non-hydrogen) atoms. The molecule has 1 aromatic carbocycles. The Hall–Kier alpha value is -1.76.